The van der Waals surface area contributed by atoms with Gasteiger partial charge in [-0.3, -0.25) is 14.7 Å². The highest BCUT2D eigenvalue weighted by molar-refractivity contribution is 7.90. The van der Waals surface area contributed by atoms with E-state index in [0.717, 1.165) is 6.26 Å². The fourth-order valence-electron chi connectivity index (χ4n) is 2.58. The van der Waals surface area contributed by atoms with E-state index in [9.17, 15) is 13.2 Å². The summed E-state index contributed by atoms with van der Waals surface area (Å²) in [5.74, 6) is 0.411. The molecular weight excluding hydrogens is 414 g/mol. The standard InChI is InChI=1S/C19H24ClN5O3S/c1-6-15-18(23-13(4)20)25(11-12(2)3)19(26)17(24-15)22-10-14-7-8-16(21-9-14)29(5,27)28/h6-9,12H,4,10-11H2,1-3,5H3,(H,22,24)/b15-6+,23-18?. The number of aliphatic imine (C=N–C) groups is 2. The zero-order chi connectivity index (χ0) is 21.8. The molecule has 0 atom stereocenters. The van der Waals surface area contributed by atoms with Gasteiger partial charge < -0.3 is 5.32 Å². The van der Waals surface area contributed by atoms with Gasteiger partial charge in [0.2, 0.25) is 0 Å². The number of carbonyl (C=O) groups excluding carboxylic acids is 1. The van der Waals surface area contributed by atoms with Crippen LogP contribution >= 0.6 is 11.6 Å². The second-order valence-electron chi connectivity index (χ2n) is 6.89. The van der Waals surface area contributed by atoms with Crippen LogP contribution < -0.4 is 5.32 Å². The molecule has 10 heteroatoms. The number of pyridine rings is 1. The number of nitrogens with zero attached hydrogens (tertiary/aromatic N) is 4. The van der Waals surface area contributed by atoms with Crippen LogP contribution in [0.15, 0.2) is 56.8 Å². The lowest BCUT2D eigenvalue weighted by molar-refractivity contribution is -0.121. The Bertz CT molecular complexity index is 995. The zero-order valence-corrected chi connectivity index (χ0v) is 18.4. The lowest BCUT2D eigenvalue weighted by Gasteiger charge is -2.32. The van der Waals surface area contributed by atoms with Gasteiger partial charge in [-0.25, -0.2) is 18.4 Å². The van der Waals surface area contributed by atoms with Crippen molar-refractivity contribution in [1.82, 2.24) is 15.2 Å². The minimum Gasteiger partial charge on any atom is -0.333 e. The minimum absolute atomic E-state index is 0.0118. The molecule has 1 aliphatic rings. The van der Waals surface area contributed by atoms with Crippen LogP contribution in [0, 0.1) is 5.92 Å². The number of aromatic nitrogens is 1. The van der Waals surface area contributed by atoms with Crippen LogP contribution in [0.5, 0.6) is 0 Å². The predicted octanol–water partition coefficient (Wildman–Crippen LogP) is 2.48. The van der Waals surface area contributed by atoms with E-state index in [-0.39, 0.29) is 34.4 Å². The summed E-state index contributed by atoms with van der Waals surface area (Å²) < 4.78 is 23.0. The Hall–Kier alpha value is -2.52. The first-order chi connectivity index (χ1) is 13.5. The fraction of sp³-hybridized carbons (Fsp3) is 0.368. The molecule has 1 N–H and O–H groups in total. The van der Waals surface area contributed by atoms with Gasteiger partial charge >= 0.3 is 0 Å². The summed E-state index contributed by atoms with van der Waals surface area (Å²) in [5.41, 5.74) is 1.27. The van der Waals surface area contributed by atoms with Crippen LogP contribution in [0.1, 0.15) is 26.3 Å². The van der Waals surface area contributed by atoms with Crippen molar-refractivity contribution in [2.75, 3.05) is 12.8 Å². The summed E-state index contributed by atoms with van der Waals surface area (Å²) in [5, 5.41) is 3.05. The molecule has 1 amide bonds. The molecule has 1 saturated heterocycles. The highest BCUT2D eigenvalue weighted by atomic mass is 35.5. The summed E-state index contributed by atoms with van der Waals surface area (Å²) in [6, 6.07) is 3.04. The highest BCUT2D eigenvalue weighted by Gasteiger charge is 2.33. The largest absolute Gasteiger partial charge is 0.333 e. The maximum absolute atomic E-state index is 13.0. The van der Waals surface area contributed by atoms with Crippen molar-refractivity contribution in [1.29, 1.82) is 0 Å². The molecule has 0 spiro atoms. The molecule has 1 aromatic heterocycles. The molecule has 0 bridgehead atoms. The number of sulfone groups is 1. The molecule has 0 aliphatic carbocycles. The Morgan fingerprint density at radius 3 is 2.59 bits per heavy atom. The number of piperazine rings is 1. The van der Waals surface area contributed by atoms with E-state index in [1.54, 1.807) is 12.1 Å². The molecule has 29 heavy (non-hydrogen) atoms. The van der Waals surface area contributed by atoms with Crippen molar-refractivity contribution in [2.24, 2.45) is 15.9 Å². The Morgan fingerprint density at radius 2 is 2.10 bits per heavy atom. The molecule has 2 rings (SSSR count). The van der Waals surface area contributed by atoms with E-state index < -0.39 is 9.84 Å². The van der Waals surface area contributed by atoms with Crippen LogP contribution in [0.25, 0.3) is 0 Å². The first kappa shape index (κ1) is 22.8. The number of carbonyl (C=O) groups is 1. The number of amidine groups is 2. The van der Waals surface area contributed by atoms with Crippen molar-refractivity contribution in [3.05, 3.63) is 47.4 Å². The van der Waals surface area contributed by atoms with Crippen molar-refractivity contribution in [3.63, 3.8) is 0 Å². The van der Waals surface area contributed by atoms with Gasteiger partial charge in [0.1, 0.15) is 5.16 Å². The van der Waals surface area contributed by atoms with Crippen molar-refractivity contribution < 1.29 is 13.2 Å². The first-order valence-electron chi connectivity index (χ1n) is 8.91. The van der Waals surface area contributed by atoms with Crippen LogP contribution in [-0.4, -0.2) is 48.7 Å². The molecule has 1 aliphatic heterocycles. The molecule has 0 saturated carbocycles. The summed E-state index contributed by atoms with van der Waals surface area (Å²) in [6.07, 6.45) is 4.30. The quantitative estimate of drug-likeness (QED) is 0.688. The third-order valence-corrected chi connectivity index (χ3v) is 4.94. The van der Waals surface area contributed by atoms with E-state index in [1.165, 1.54) is 17.2 Å². The normalized spacial score (nSPS) is 19.3. The maximum atomic E-state index is 13.0. The minimum atomic E-state index is -3.37. The third kappa shape index (κ3) is 5.98. The van der Waals surface area contributed by atoms with Crippen LogP contribution in [-0.2, 0) is 21.2 Å². The number of nitrogens with one attached hydrogen (secondary N) is 1. The van der Waals surface area contributed by atoms with Gasteiger partial charge in [-0.1, -0.05) is 44.2 Å². The maximum Gasteiger partial charge on any atom is 0.294 e. The monoisotopic (exact) mass is 437 g/mol. The number of allylic oxidation sites excluding steroid dienone is 1. The number of rotatable bonds is 6. The molecule has 0 radical (unpaired) electrons. The lowest BCUT2D eigenvalue weighted by atomic mass is 10.1. The second-order valence-corrected chi connectivity index (χ2v) is 9.29. The summed E-state index contributed by atoms with van der Waals surface area (Å²) in [4.78, 5) is 27.0. The molecule has 1 fully saturated rings. The molecule has 2 heterocycles. The summed E-state index contributed by atoms with van der Waals surface area (Å²) in [7, 11) is -3.37. The van der Waals surface area contributed by atoms with Crippen molar-refractivity contribution in [2.45, 2.75) is 32.3 Å². The van der Waals surface area contributed by atoms with E-state index >= 15 is 0 Å². The van der Waals surface area contributed by atoms with Gasteiger partial charge in [0.25, 0.3) is 5.91 Å². The zero-order valence-electron chi connectivity index (χ0n) is 16.8. The molecule has 8 nitrogen and oxygen atoms in total. The number of halogens is 1. The van der Waals surface area contributed by atoms with Gasteiger partial charge in [-0.2, -0.15) is 0 Å². The van der Waals surface area contributed by atoms with E-state index in [4.69, 9.17) is 11.6 Å². The Kier molecular flexibility index (Phi) is 7.32. The van der Waals surface area contributed by atoms with E-state index in [1.807, 2.05) is 20.8 Å². The number of hydrogen-bond donors (Lipinski definition) is 1. The Morgan fingerprint density at radius 1 is 1.41 bits per heavy atom. The summed E-state index contributed by atoms with van der Waals surface area (Å²) >= 11 is 5.85. The second kappa shape index (κ2) is 9.32. The van der Waals surface area contributed by atoms with Crippen LogP contribution in [0.2, 0.25) is 0 Å². The summed E-state index contributed by atoms with van der Waals surface area (Å²) in [6.45, 7) is 9.96. The Balaban J connectivity index is 2.33. The van der Waals surface area contributed by atoms with Gasteiger partial charge in [0.15, 0.2) is 26.5 Å². The average molecular weight is 438 g/mol. The third-order valence-electron chi connectivity index (χ3n) is 3.86. The van der Waals surface area contributed by atoms with Gasteiger partial charge in [-0.15, -0.1) is 0 Å². The number of hydrogen-bond acceptors (Lipinski definition) is 6. The molecule has 0 unspecified atom stereocenters. The number of amides is 1. The van der Waals surface area contributed by atoms with Crippen molar-refractivity contribution >= 4 is 39.0 Å². The average Bonchev–Trinajstić information content (AvgIpc) is 2.63. The molecule has 1 aromatic rings. The lowest BCUT2D eigenvalue weighted by Crippen LogP contribution is -2.55. The highest BCUT2D eigenvalue weighted by Crippen LogP contribution is 2.16. The Labute approximate surface area is 176 Å². The van der Waals surface area contributed by atoms with E-state index in [2.05, 4.69) is 26.9 Å². The van der Waals surface area contributed by atoms with E-state index in [0.29, 0.717) is 23.6 Å². The van der Waals surface area contributed by atoms with Crippen LogP contribution in [0.4, 0.5) is 0 Å². The first-order valence-corrected chi connectivity index (χ1v) is 11.2. The molecule has 0 aromatic carbocycles. The van der Waals surface area contributed by atoms with Gasteiger partial charge in [0.05, 0.1) is 12.2 Å². The SMILES string of the molecule is C=C(Cl)N=C1/C(=C\C)NC(=NCc2ccc(S(C)(=O)=O)nc2)C(=O)N1CC(C)C. The van der Waals surface area contributed by atoms with Gasteiger partial charge in [-0.05, 0) is 24.5 Å². The topological polar surface area (TPSA) is 104 Å². The van der Waals surface area contributed by atoms with Crippen LogP contribution in [0.3, 0.4) is 0 Å². The van der Waals surface area contributed by atoms with Gasteiger partial charge in [0, 0.05) is 19.0 Å². The molecule has 156 valence electrons. The predicted molar refractivity (Wildman–Crippen MR) is 114 cm³/mol. The smallest absolute Gasteiger partial charge is 0.294 e. The fourth-order valence-corrected chi connectivity index (χ4v) is 3.22. The molecular formula is C19H24ClN5O3S. The van der Waals surface area contributed by atoms with Crippen molar-refractivity contribution in [3.8, 4) is 0 Å².